The molecule has 2 aliphatic rings. The van der Waals surface area contributed by atoms with E-state index in [1.165, 1.54) is 18.4 Å². The summed E-state index contributed by atoms with van der Waals surface area (Å²) in [5.41, 5.74) is 8.97. The van der Waals surface area contributed by atoms with Crippen molar-refractivity contribution < 1.29 is 0 Å². The maximum absolute atomic E-state index is 5.83. The highest BCUT2D eigenvalue weighted by molar-refractivity contribution is 5.44. The van der Waals surface area contributed by atoms with Crippen LogP contribution in [0.25, 0.3) is 0 Å². The van der Waals surface area contributed by atoms with Crippen LogP contribution in [0.4, 0.5) is 11.8 Å². The Morgan fingerprint density at radius 2 is 2.11 bits per heavy atom. The van der Waals surface area contributed by atoms with Gasteiger partial charge in [0.1, 0.15) is 5.82 Å². The highest BCUT2D eigenvalue weighted by Gasteiger charge is 2.21. The number of nitrogens with zero attached hydrogens (tertiary/aromatic N) is 4. The van der Waals surface area contributed by atoms with Gasteiger partial charge in [-0.15, -0.1) is 6.42 Å². The number of hydrogen-bond donors (Lipinski definition) is 2. The smallest absolute Gasteiger partial charge is 0.222 e. The zero-order valence-corrected chi connectivity index (χ0v) is 17.1. The molecule has 0 unspecified atom stereocenters. The van der Waals surface area contributed by atoms with Crippen LogP contribution in [0.2, 0.25) is 0 Å². The number of nitrogens with two attached hydrogens (primary N) is 1. The molecule has 150 valence electrons. The Labute approximate surface area is 168 Å². The van der Waals surface area contributed by atoms with Crippen LogP contribution in [-0.2, 0) is 0 Å². The van der Waals surface area contributed by atoms with Gasteiger partial charge in [0.15, 0.2) is 0 Å². The molecule has 0 aromatic carbocycles. The minimum Gasteiger partial charge on any atom is -0.368 e. The van der Waals surface area contributed by atoms with E-state index in [9.17, 15) is 0 Å². The van der Waals surface area contributed by atoms with Gasteiger partial charge in [-0.3, -0.25) is 0 Å². The number of rotatable bonds is 6. The largest absolute Gasteiger partial charge is 0.368 e. The number of hydrogen-bond acceptors (Lipinski definition) is 6. The van der Waals surface area contributed by atoms with Crippen LogP contribution >= 0.6 is 0 Å². The predicted octanol–water partition coefficient (Wildman–Crippen LogP) is 2.48. The molecular formula is C22H32N6. The summed E-state index contributed by atoms with van der Waals surface area (Å²) in [4.78, 5) is 13.2. The molecular weight excluding hydrogens is 348 g/mol. The van der Waals surface area contributed by atoms with Crippen LogP contribution in [0.5, 0.6) is 0 Å². The minimum absolute atomic E-state index is 0.343. The fourth-order valence-corrected chi connectivity index (χ4v) is 3.94. The van der Waals surface area contributed by atoms with Crippen LogP contribution in [0.1, 0.15) is 38.3 Å². The molecule has 1 aromatic rings. The van der Waals surface area contributed by atoms with Crippen LogP contribution in [0.15, 0.2) is 29.5 Å². The molecule has 2 fully saturated rings. The molecule has 3 N–H and O–H groups in total. The van der Waals surface area contributed by atoms with Gasteiger partial charge in [0.25, 0.3) is 0 Å². The Morgan fingerprint density at radius 1 is 1.32 bits per heavy atom. The second-order valence-corrected chi connectivity index (χ2v) is 7.62. The van der Waals surface area contributed by atoms with Crippen LogP contribution in [0, 0.1) is 19.3 Å². The van der Waals surface area contributed by atoms with E-state index in [2.05, 4.69) is 50.1 Å². The summed E-state index contributed by atoms with van der Waals surface area (Å²) in [6, 6.07) is 2.42. The molecule has 0 radical (unpaired) electrons. The number of aryl methyl sites for hydroxylation is 1. The summed E-state index contributed by atoms with van der Waals surface area (Å²) < 4.78 is 0. The van der Waals surface area contributed by atoms with Crippen molar-refractivity contribution >= 4 is 11.8 Å². The molecule has 1 atom stereocenters. The fourth-order valence-electron chi connectivity index (χ4n) is 3.94. The van der Waals surface area contributed by atoms with Crippen LogP contribution < -0.4 is 16.0 Å². The molecule has 2 aliphatic heterocycles. The normalized spacial score (nSPS) is 21.1. The van der Waals surface area contributed by atoms with E-state index in [-0.39, 0.29) is 0 Å². The minimum atomic E-state index is 0.343. The second-order valence-electron chi connectivity index (χ2n) is 7.62. The van der Waals surface area contributed by atoms with Gasteiger partial charge < -0.3 is 20.9 Å². The monoisotopic (exact) mass is 380 g/mol. The Morgan fingerprint density at radius 3 is 2.79 bits per heavy atom. The Bertz CT molecular complexity index is 749. The van der Waals surface area contributed by atoms with Gasteiger partial charge in [-0.1, -0.05) is 12.0 Å². The molecule has 6 heteroatoms. The molecule has 1 aromatic heterocycles. The zero-order chi connectivity index (χ0) is 19.9. The molecule has 3 heterocycles. The standard InChI is InChI=1S/C22H32N6/c1-4-18(14-20(5-2)27-10-6-7-11-27)15-24-19-9-8-12-28(16-19)21-13-17(3)25-22(23)26-21/h2,4,13-14,19,24H,6-12,15-16H2,1,3H3,(H2,23,25,26)/b18-4+,20-14+/t19-/m1/s1. The first-order chi connectivity index (χ1) is 13.6. The van der Waals surface area contributed by atoms with Crippen LogP contribution in [0.3, 0.4) is 0 Å². The topological polar surface area (TPSA) is 70.3 Å². The summed E-state index contributed by atoms with van der Waals surface area (Å²) >= 11 is 0. The lowest BCUT2D eigenvalue weighted by Gasteiger charge is -2.34. The van der Waals surface area contributed by atoms with E-state index in [0.717, 1.165) is 62.8 Å². The summed E-state index contributed by atoms with van der Waals surface area (Å²) in [7, 11) is 0. The number of likely N-dealkylation sites (tertiary alicyclic amines) is 1. The number of aromatic nitrogens is 2. The average molecular weight is 381 g/mol. The van der Waals surface area contributed by atoms with Gasteiger partial charge in [0.05, 0.1) is 5.70 Å². The van der Waals surface area contributed by atoms with Gasteiger partial charge in [-0.2, -0.15) is 4.98 Å². The third-order valence-corrected chi connectivity index (χ3v) is 5.49. The number of piperidine rings is 1. The van der Waals surface area contributed by atoms with Crippen molar-refractivity contribution in [2.45, 2.75) is 45.6 Å². The number of anilines is 2. The second kappa shape index (κ2) is 9.61. The van der Waals surface area contributed by atoms with Crippen molar-refractivity contribution in [2.24, 2.45) is 0 Å². The average Bonchev–Trinajstić information content (AvgIpc) is 3.22. The highest BCUT2D eigenvalue weighted by Crippen LogP contribution is 2.20. The first kappa shape index (κ1) is 20.2. The van der Waals surface area contributed by atoms with E-state index >= 15 is 0 Å². The zero-order valence-electron chi connectivity index (χ0n) is 17.1. The van der Waals surface area contributed by atoms with Gasteiger partial charge >= 0.3 is 0 Å². The molecule has 0 aliphatic carbocycles. The van der Waals surface area contributed by atoms with E-state index in [4.69, 9.17) is 12.2 Å². The van der Waals surface area contributed by atoms with Crippen molar-refractivity contribution in [3.8, 4) is 12.3 Å². The van der Waals surface area contributed by atoms with Crippen molar-refractivity contribution in [2.75, 3.05) is 43.4 Å². The van der Waals surface area contributed by atoms with Gasteiger partial charge in [0, 0.05) is 50.5 Å². The summed E-state index contributed by atoms with van der Waals surface area (Å²) in [6.45, 7) is 8.91. The third-order valence-electron chi connectivity index (χ3n) is 5.49. The summed E-state index contributed by atoms with van der Waals surface area (Å²) in [6.07, 6.45) is 14.8. The number of allylic oxidation sites excluding steroid dienone is 2. The predicted molar refractivity (Wildman–Crippen MR) is 116 cm³/mol. The Hall–Kier alpha value is -2.52. The molecule has 28 heavy (non-hydrogen) atoms. The van der Waals surface area contributed by atoms with Crippen molar-refractivity contribution in [1.29, 1.82) is 0 Å². The van der Waals surface area contributed by atoms with E-state index in [1.54, 1.807) is 0 Å². The third kappa shape index (κ3) is 5.26. The van der Waals surface area contributed by atoms with E-state index in [0.29, 0.717) is 12.0 Å². The Balaban J connectivity index is 1.59. The maximum atomic E-state index is 5.83. The molecule has 3 rings (SSSR count). The van der Waals surface area contributed by atoms with Crippen LogP contribution in [-0.4, -0.2) is 53.6 Å². The molecule has 0 spiro atoms. The molecule has 0 bridgehead atoms. The first-order valence-electron chi connectivity index (χ1n) is 10.3. The molecule has 2 saturated heterocycles. The number of nitrogens with one attached hydrogen (secondary N) is 1. The fraction of sp³-hybridized carbons (Fsp3) is 0.545. The lowest BCUT2D eigenvalue weighted by atomic mass is 10.0. The van der Waals surface area contributed by atoms with Crippen molar-refractivity contribution in [3.05, 3.63) is 35.2 Å². The molecule has 6 nitrogen and oxygen atoms in total. The van der Waals surface area contributed by atoms with E-state index < -0.39 is 0 Å². The molecule has 0 amide bonds. The summed E-state index contributed by atoms with van der Waals surface area (Å²) in [5, 5.41) is 3.71. The lowest BCUT2D eigenvalue weighted by molar-refractivity contribution is 0.431. The van der Waals surface area contributed by atoms with Crippen molar-refractivity contribution in [1.82, 2.24) is 20.2 Å². The first-order valence-corrected chi connectivity index (χ1v) is 10.3. The Kier molecular flexibility index (Phi) is 6.94. The lowest BCUT2D eigenvalue weighted by Crippen LogP contribution is -2.46. The van der Waals surface area contributed by atoms with E-state index in [1.807, 2.05) is 13.0 Å². The number of terminal acetylenes is 1. The van der Waals surface area contributed by atoms with Crippen molar-refractivity contribution in [3.63, 3.8) is 0 Å². The van der Waals surface area contributed by atoms with Gasteiger partial charge in [0.2, 0.25) is 5.95 Å². The summed E-state index contributed by atoms with van der Waals surface area (Å²) in [5.74, 6) is 4.14. The number of nitrogen functional groups attached to an aromatic ring is 1. The molecule has 0 saturated carbocycles. The maximum Gasteiger partial charge on any atom is 0.222 e. The SMILES string of the molecule is C#C/C(=C\C(=C/C)CN[C@@H]1CCCN(c2cc(C)nc(N)n2)C1)N1CCCC1. The highest BCUT2D eigenvalue weighted by atomic mass is 15.2. The van der Waals surface area contributed by atoms with Gasteiger partial charge in [-0.25, -0.2) is 4.98 Å². The van der Waals surface area contributed by atoms with Gasteiger partial charge in [-0.05, 0) is 51.2 Å². The quantitative estimate of drug-likeness (QED) is 0.584.